The van der Waals surface area contributed by atoms with Crippen molar-refractivity contribution >= 4 is 0 Å². The Balaban J connectivity index is 2.61. The lowest BCUT2D eigenvalue weighted by atomic mass is 9.92. The highest BCUT2D eigenvalue weighted by Gasteiger charge is 2.37. The smallest absolute Gasteiger partial charge is 0.188 e. The highest BCUT2D eigenvalue weighted by molar-refractivity contribution is 5.08. The lowest BCUT2D eigenvalue weighted by Crippen LogP contribution is -2.56. The lowest BCUT2D eigenvalue weighted by molar-refractivity contribution is -0.139. The maximum absolute atomic E-state index is 9.28. The second kappa shape index (κ2) is 6.19. The Morgan fingerprint density at radius 3 is 2.25 bits per heavy atom. The van der Waals surface area contributed by atoms with Crippen LogP contribution in [0, 0.1) is 11.3 Å². The first-order valence-corrected chi connectivity index (χ1v) is 5.91. The van der Waals surface area contributed by atoms with Crippen LogP contribution in [0.2, 0.25) is 0 Å². The molecule has 1 atom stereocenters. The van der Waals surface area contributed by atoms with E-state index in [-0.39, 0.29) is 0 Å². The van der Waals surface area contributed by atoms with Gasteiger partial charge in [-0.25, -0.2) is 0 Å². The third-order valence-electron chi connectivity index (χ3n) is 3.24. The van der Waals surface area contributed by atoms with Gasteiger partial charge in [-0.1, -0.05) is 19.3 Å². The van der Waals surface area contributed by atoms with Crippen LogP contribution >= 0.6 is 0 Å². The molecule has 1 aliphatic carbocycles. The maximum atomic E-state index is 9.28. The van der Waals surface area contributed by atoms with Gasteiger partial charge in [-0.2, -0.15) is 5.26 Å². The fourth-order valence-electron chi connectivity index (χ4n) is 2.39. The summed E-state index contributed by atoms with van der Waals surface area (Å²) in [7, 11) is 3.12. The quantitative estimate of drug-likeness (QED) is 0.726. The van der Waals surface area contributed by atoms with Gasteiger partial charge in [-0.15, -0.1) is 0 Å². The molecule has 0 aromatic rings. The van der Waals surface area contributed by atoms with E-state index >= 15 is 0 Å². The summed E-state index contributed by atoms with van der Waals surface area (Å²) >= 11 is 0. The molecule has 0 saturated heterocycles. The maximum Gasteiger partial charge on any atom is 0.188 e. The van der Waals surface area contributed by atoms with Crippen molar-refractivity contribution in [1.29, 1.82) is 5.26 Å². The lowest BCUT2D eigenvalue weighted by Gasteiger charge is -2.35. The summed E-state index contributed by atoms with van der Waals surface area (Å²) < 4.78 is 10.4. The average Bonchev–Trinajstić information content (AvgIpc) is 2.32. The molecule has 1 rings (SSSR count). The van der Waals surface area contributed by atoms with Gasteiger partial charge in [-0.3, -0.25) is 5.32 Å². The van der Waals surface area contributed by atoms with Gasteiger partial charge in [0.05, 0.1) is 6.07 Å². The van der Waals surface area contributed by atoms with Gasteiger partial charge < -0.3 is 9.47 Å². The van der Waals surface area contributed by atoms with Gasteiger partial charge in [0.2, 0.25) is 0 Å². The van der Waals surface area contributed by atoms with E-state index < -0.39 is 11.8 Å². The van der Waals surface area contributed by atoms with E-state index in [0.717, 1.165) is 12.8 Å². The summed E-state index contributed by atoms with van der Waals surface area (Å²) in [5, 5.41) is 12.6. The zero-order valence-electron chi connectivity index (χ0n) is 10.5. The van der Waals surface area contributed by atoms with Gasteiger partial charge in [0, 0.05) is 20.3 Å². The van der Waals surface area contributed by atoms with Crippen LogP contribution in [0.4, 0.5) is 0 Å². The summed E-state index contributed by atoms with van der Waals surface area (Å²) in [5.41, 5.74) is -0.772. The summed E-state index contributed by atoms with van der Waals surface area (Å²) in [4.78, 5) is 0. The normalized spacial score (nSPS) is 21.7. The van der Waals surface area contributed by atoms with E-state index in [1.54, 1.807) is 14.2 Å². The fraction of sp³-hybridized carbons (Fsp3) is 0.917. The molecule has 0 spiro atoms. The van der Waals surface area contributed by atoms with Gasteiger partial charge in [0.25, 0.3) is 0 Å². The first-order chi connectivity index (χ1) is 7.66. The van der Waals surface area contributed by atoms with Crippen LogP contribution in [-0.2, 0) is 9.47 Å². The Morgan fingerprint density at radius 1 is 1.25 bits per heavy atom. The van der Waals surface area contributed by atoms with Crippen LogP contribution in [-0.4, -0.2) is 32.1 Å². The fourth-order valence-corrected chi connectivity index (χ4v) is 2.39. The van der Waals surface area contributed by atoms with E-state index in [1.807, 2.05) is 6.92 Å². The summed E-state index contributed by atoms with van der Waals surface area (Å²) in [6, 6.07) is 2.68. The Hall–Kier alpha value is -0.630. The molecule has 0 heterocycles. The van der Waals surface area contributed by atoms with Gasteiger partial charge in [0.1, 0.15) is 0 Å². The van der Waals surface area contributed by atoms with E-state index in [9.17, 15) is 5.26 Å². The minimum atomic E-state index is -0.772. The molecule has 1 unspecified atom stereocenters. The van der Waals surface area contributed by atoms with Crippen molar-refractivity contribution < 1.29 is 9.47 Å². The topological polar surface area (TPSA) is 54.3 Å². The first-order valence-electron chi connectivity index (χ1n) is 5.91. The molecular weight excluding hydrogens is 204 g/mol. The third kappa shape index (κ3) is 3.18. The van der Waals surface area contributed by atoms with E-state index in [4.69, 9.17) is 9.47 Å². The van der Waals surface area contributed by atoms with E-state index in [0.29, 0.717) is 6.04 Å². The highest BCUT2D eigenvalue weighted by atomic mass is 16.7. The number of nitriles is 1. The summed E-state index contributed by atoms with van der Waals surface area (Å²) in [6.07, 6.45) is 5.53. The van der Waals surface area contributed by atoms with E-state index in [2.05, 4.69) is 11.4 Å². The monoisotopic (exact) mass is 226 g/mol. The largest absolute Gasteiger partial charge is 0.353 e. The number of methoxy groups -OCH3 is 2. The van der Waals surface area contributed by atoms with Crippen molar-refractivity contribution in [2.75, 3.05) is 14.2 Å². The Labute approximate surface area is 97.9 Å². The number of hydrogen-bond acceptors (Lipinski definition) is 4. The molecule has 92 valence electrons. The van der Waals surface area contributed by atoms with Crippen LogP contribution in [0.15, 0.2) is 0 Å². The van der Waals surface area contributed by atoms with Crippen LogP contribution < -0.4 is 5.32 Å². The van der Waals surface area contributed by atoms with Crippen LogP contribution in [0.5, 0.6) is 0 Å². The molecule has 0 aromatic carbocycles. The molecule has 0 radical (unpaired) electrons. The highest BCUT2D eigenvalue weighted by Crippen LogP contribution is 2.22. The van der Waals surface area contributed by atoms with Crippen molar-refractivity contribution in [2.45, 2.75) is 56.9 Å². The van der Waals surface area contributed by atoms with Gasteiger partial charge in [0.15, 0.2) is 11.8 Å². The van der Waals surface area contributed by atoms with Gasteiger partial charge in [-0.05, 0) is 19.8 Å². The van der Waals surface area contributed by atoms with Crippen molar-refractivity contribution in [3.8, 4) is 6.07 Å². The minimum absolute atomic E-state index is 0.409. The molecule has 0 amide bonds. The standard InChI is InChI=1S/C12H22N2O2/c1-12(9-13,11(15-2)16-3)14-10-7-5-4-6-8-10/h10-11,14H,4-8H2,1-3H3. The molecular formula is C12H22N2O2. The summed E-state index contributed by atoms with van der Waals surface area (Å²) in [6.45, 7) is 1.83. The zero-order valence-corrected chi connectivity index (χ0v) is 10.5. The van der Waals surface area contributed by atoms with Crippen molar-refractivity contribution in [3.63, 3.8) is 0 Å². The predicted octanol–water partition coefficient (Wildman–Crippen LogP) is 1.81. The second-order valence-electron chi connectivity index (χ2n) is 4.60. The molecule has 1 saturated carbocycles. The molecule has 0 aliphatic heterocycles. The van der Waals surface area contributed by atoms with Crippen LogP contribution in [0.25, 0.3) is 0 Å². The van der Waals surface area contributed by atoms with Crippen LogP contribution in [0.3, 0.4) is 0 Å². The predicted molar refractivity (Wildman–Crippen MR) is 61.8 cm³/mol. The Bertz CT molecular complexity index is 242. The second-order valence-corrected chi connectivity index (χ2v) is 4.60. The number of rotatable bonds is 5. The number of nitrogens with zero attached hydrogens (tertiary/aromatic N) is 1. The molecule has 4 heteroatoms. The third-order valence-corrected chi connectivity index (χ3v) is 3.24. The molecule has 0 aromatic heterocycles. The van der Waals surface area contributed by atoms with Crippen molar-refractivity contribution in [3.05, 3.63) is 0 Å². The summed E-state index contributed by atoms with van der Waals surface area (Å²) in [5.74, 6) is 0. The Kier molecular flexibility index (Phi) is 5.20. The number of nitrogens with one attached hydrogen (secondary N) is 1. The van der Waals surface area contributed by atoms with E-state index in [1.165, 1.54) is 19.3 Å². The SMILES string of the molecule is COC(OC)C(C)(C#N)NC1CCCCC1. The minimum Gasteiger partial charge on any atom is -0.353 e. The molecule has 16 heavy (non-hydrogen) atoms. The molecule has 1 fully saturated rings. The zero-order chi connectivity index (χ0) is 12.0. The molecule has 1 N–H and O–H groups in total. The van der Waals surface area contributed by atoms with Crippen molar-refractivity contribution in [1.82, 2.24) is 5.32 Å². The number of ether oxygens (including phenoxy) is 2. The molecule has 0 bridgehead atoms. The first kappa shape index (κ1) is 13.4. The Morgan fingerprint density at radius 2 is 1.81 bits per heavy atom. The molecule has 1 aliphatic rings. The average molecular weight is 226 g/mol. The number of hydrogen-bond donors (Lipinski definition) is 1. The van der Waals surface area contributed by atoms with Crippen LogP contribution in [0.1, 0.15) is 39.0 Å². The van der Waals surface area contributed by atoms with Crippen molar-refractivity contribution in [2.24, 2.45) is 0 Å². The molecule has 4 nitrogen and oxygen atoms in total. The van der Waals surface area contributed by atoms with Gasteiger partial charge >= 0.3 is 0 Å².